The molecule has 0 spiro atoms. The van der Waals surface area contributed by atoms with Gasteiger partial charge in [-0.05, 0) is 44.4 Å². The van der Waals surface area contributed by atoms with Crippen molar-refractivity contribution in [2.24, 2.45) is 5.92 Å². The van der Waals surface area contributed by atoms with Crippen molar-refractivity contribution in [3.05, 3.63) is 43.0 Å². The van der Waals surface area contributed by atoms with Crippen molar-refractivity contribution in [1.82, 2.24) is 19.8 Å². The lowest BCUT2D eigenvalue weighted by Crippen LogP contribution is -2.60. The summed E-state index contributed by atoms with van der Waals surface area (Å²) in [4.78, 5) is 19.1. The van der Waals surface area contributed by atoms with Gasteiger partial charge in [0.25, 0.3) is 0 Å². The summed E-state index contributed by atoms with van der Waals surface area (Å²) in [5, 5.41) is 3.22. The number of fused-ring (bicyclic) bond motifs is 3. The SMILES string of the molecule is CC1CC2CCN1C[C@@H]2NC(=O)n1ccc(-c2cccnc2)c1. The van der Waals surface area contributed by atoms with Crippen LogP contribution in [0.5, 0.6) is 0 Å². The minimum absolute atomic E-state index is 0.0356. The van der Waals surface area contributed by atoms with E-state index in [-0.39, 0.29) is 12.1 Å². The lowest BCUT2D eigenvalue weighted by atomic mass is 9.80. The molecule has 120 valence electrons. The molecular formula is C18H22N4O. The summed E-state index contributed by atoms with van der Waals surface area (Å²) < 4.78 is 1.64. The number of piperidine rings is 3. The van der Waals surface area contributed by atoms with Crippen molar-refractivity contribution >= 4 is 6.03 Å². The van der Waals surface area contributed by atoms with Gasteiger partial charge in [0.2, 0.25) is 0 Å². The Kier molecular flexibility index (Phi) is 3.65. The molecule has 0 radical (unpaired) electrons. The largest absolute Gasteiger partial charge is 0.333 e. The Balaban J connectivity index is 1.45. The first-order valence-corrected chi connectivity index (χ1v) is 8.34. The predicted octanol–water partition coefficient (Wildman–Crippen LogP) is 2.59. The second kappa shape index (κ2) is 5.81. The molecular weight excluding hydrogens is 288 g/mol. The molecule has 0 aromatic carbocycles. The summed E-state index contributed by atoms with van der Waals surface area (Å²) in [5.41, 5.74) is 2.03. The van der Waals surface area contributed by atoms with Gasteiger partial charge in [-0.3, -0.25) is 14.5 Å². The number of nitrogens with zero attached hydrogens (tertiary/aromatic N) is 3. The third-order valence-electron chi connectivity index (χ3n) is 5.29. The van der Waals surface area contributed by atoms with Gasteiger partial charge >= 0.3 is 6.03 Å². The van der Waals surface area contributed by atoms with Crippen LogP contribution in [0.3, 0.4) is 0 Å². The van der Waals surface area contributed by atoms with Crippen molar-refractivity contribution in [2.75, 3.05) is 13.1 Å². The minimum Gasteiger partial charge on any atom is -0.333 e. The van der Waals surface area contributed by atoms with E-state index in [1.807, 2.05) is 36.8 Å². The Morgan fingerprint density at radius 2 is 2.26 bits per heavy atom. The van der Waals surface area contributed by atoms with Crippen LogP contribution in [0, 0.1) is 5.92 Å². The van der Waals surface area contributed by atoms with Gasteiger partial charge in [-0.15, -0.1) is 0 Å². The number of pyridine rings is 1. The number of nitrogens with one attached hydrogen (secondary N) is 1. The number of carbonyl (C=O) groups excluding carboxylic acids is 1. The molecule has 3 saturated heterocycles. The summed E-state index contributed by atoms with van der Waals surface area (Å²) in [7, 11) is 0. The van der Waals surface area contributed by atoms with E-state index < -0.39 is 0 Å². The molecule has 1 amide bonds. The van der Waals surface area contributed by atoms with Gasteiger partial charge in [-0.2, -0.15) is 0 Å². The Morgan fingerprint density at radius 3 is 2.96 bits per heavy atom. The molecule has 5 nitrogen and oxygen atoms in total. The number of carbonyl (C=O) groups is 1. The number of rotatable bonds is 2. The molecule has 3 fully saturated rings. The molecule has 5 heteroatoms. The van der Waals surface area contributed by atoms with Crippen LogP contribution in [-0.4, -0.2) is 45.7 Å². The Morgan fingerprint density at radius 1 is 1.35 bits per heavy atom. The van der Waals surface area contributed by atoms with E-state index in [0.717, 1.165) is 17.7 Å². The molecule has 3 aliphatic rings. The van der Waals surface area contributed by atoms with E-state index in [9.17, 15) is 4.79 Å². The molecule has 4 atom stereocenters. The van der Waals surface area contributed by atoms with Crippen LogP contribution >= 0.6 is 0 Å². The number of aromatic nitrogens is 2. The van der Waals surface area contributed by atoms with Crippen LogP contribution in [0.15, 0.2) is 43.0 Å². The molecule has 2 bridgehead atoms. The van der Waals surface area contributed by atoms with Crippen molar-refractivity contribution in [1.29, 1.82) is 0 Å². The maximum absolute atomic E-state index is 12.5. The molecule has 3 unspecified atom stereocenters. The molecule has 1 N–H and O–H groups in total. The Bertz CT molecular complexity index is 696. The average Bonchev–Trinajstić information content (AvgIpc) is 3.07. The maximum Gasteiger partial charge on any atom is 0.325 e. The Labute approximate surface area is 136 Å². The first kappa shape index (κ1) is 14.5. The zero-order chi connectivity index (χ0) is 15.8. The predicted molar refractivity (Wildman–Crippen MR) is 89.1 cm³/mol. The van der Waals surface area contributed by atoms with Crippen molar-refractivity contribution in [3.63, 3.8) is 0 Å². The average molecular weight is 310 g/mol. The highest BCUT2D eigenvalue weighted by Gasteiger charge is 2.38. The number of amides is 1. The van der Waals surface area contributed by atoms with E-state index >= 15 is 0 Å². The summed E-state index contributed by atoms with van der Waals surface area (Å²) in [6.07, 6.45) is 9.64. The van der Waals surface area contributed by atoms with E-state index in [2.05, 4.69) is 22.1 Å². The van der Waals surface area contributed by atoms with Crippen LogP contribution in [0.2, 0.25) is 0 Å². The molecule has 0 saturated carbocycles. The fourth-order valence-corrected chi connectivity index (χ4v) is 3.92. The van der Waals surface area contributed by atoms with Crippen LogP contribution in [0.4, 0.5) is 4.79 Å². The van der Waals surface area contributed by atoms with Crippen molar-refractivity contribution in [3.8, 4) is 11.1 Å². The van der Waals surface area contributed by atoms with E-state index in [4.69, 9.17) is 0 Å². The zero-order valence-corrected chi connectivity index (χ0v) is 13.4. The smallest absolute Gasteiger partial charge is 0.325 e. The van der Waals surface area contributed by atoms with E-state index in [1.165, 1.54) is 19.4 Å². The third-order valence-corrected chi connectivity index (χ3v) is 5.29. The quantitative estimate of drug-likeness (QED) is 0.927. The van der Waals surface area contributed by atoms with Gasteiger partial charge in [0, 0.05) is 54.5 Å². The topological polar surface area (TPSA) is 50.2 Å². The van der Waals surface area contributed by atoms with Gasteiger partial charge in [-0.1, -0.05) is 6.07 Å². The fourth-order valence-electron chi connectivity index (χ4n) is 3.92. The van der Waals surface area contributed by atoms with Gasteiger partial charge < -0.3 is 5.32 Å². The molecule has 2 aromatic heterocycles. The van der Waals surface area contributed by atoms with Gasteiger partial charge in [0.05, 0.1) is 0 Å². The van der Waals surface area contributed by atoms with E-state index in [1.54, 1.807) is 10.8 Å². The van der Waals surface area contributed by atoms with Crippen molar-refractivity contribution in [2.45, 2.75) is 31.8 Å². The molecule has 3 aliphatic heterocycles. The maximum atomic E-state index is 12.5. The van der Waals surface area contributed by atoms with Crippen LogP contribution in [0.25, 0.3) is 11.1 Å². The van der Waals surface area contributed by atoms with Crippen LogP contribution in [-0.2, 0) is 0 Å². The van der Waals surface area contributed by atoms with Crippen LogP contribution < -0.4 is 5.32 Å². The number of hydrogen-bond donors (Lipinski definition) is 1. The lowest BCUT2D eigenvalue weighted by molar-refractivity contribution is 0.0322. The zero-order valence-electron chi connectivity index (χ0n) is 13.4. The molecule has 2 aromatic rings. The van der Waals surface area contributed by atoms with Crippen LogP contribution in [0.1, 0.15) is 19.8 Å². The van der Waals surface area contributed by atoms with E-state index in [0.29, 0.717) is 12.0 Å². The van der Waals surface area contributed by atoms with Gasteiger partial charge in [0.1, 0.15) is 0 Å². The highest BCUT2D eigenvalue weighted by Crippen LogP contribution is 2.32. The summed E-state index contributed by atoms with van der Waals surface area (Å²) >= 11 is 0. The summed E-state index contributed by atoms with van der Waals surface area (Å²) in [6, 6.07) is 6.75. The standard InChI is InChI=1S/C18H22N4O/c1-13-9-14-4-7-21(13)12-17(14)20-18(23)22-8-5-16(11-22)15-3-2-6-19-10-15/h2-3,5-6,8,10-11,13-14,17H,4,7,9,12H2,1H3,(H,20,23)/t13?,14?,17-/m0/s1. The number of hydrogen-bond acceptors (Lipinski definition) is 3. The summed E-state index contributed by atoms with van der Waals surface area (Å²) in [6.45, 7) is 4.44. The molecule has 5 heterocycles. The van der Waals surface area contributed by atoms with Gasteiger partial charge in [0.15, 0.2) is 0 Å². The highest BCUT2D eigenvalue weighted by atomic mass is 16.2. The highest BCUT2D eigenvalue weighted by molar-refractivity contribution is 5.79. The fraction of sp³-hybridized carbons (Fsp3) is 0.444. The normalized spacial score (nSPS) is 29.4. The van der Waals surface area contributed by atoms with Crippen molar-refractivity contribution < 1.29 is 4.79 Å². The Hall–Kier alpha value is -2.14. The third kappa shape index (κ3) is 2.77. The second-order valence-corrected chi connectivity index (χ2v) is 6.73. The molecule has 23 heavy (non-hydrogen) atoms. The molecule has 0 aliphatic carbocycles. The summed E-state index contributed by atoms with van der Waals surface area (Å²) in [5.74, 6) is 0.618. The van der Waals surface area contributed by atoms with Gasteiger partial charge in [-0.25, -0.2) is 4.79 Å². The first-order valence-electron chi connectivity index (χ1n) is 8.34. The monoisotopic (exact) mass is 310 g/mol. The lowest BCUT2D eigenvalue weighted by Gasteiger charge is -2.48. The second-order valence-electron chi connectivity index (χ2n) is 6.73. The molecule has 5 rings (SSSR count). The first-order chi connectivity index (χ1) is 11.2. The minimum atomic E-state index is -0.0356.